The number of aldehydes is 1. The number of carbonyl (C=O) groups excluding carboxylic acids is 1. The lowest BCUT2D eigenvalue weighted by Crippen LogP contribution is -2.04. The standard InChI is InChI=1S/C16H17NO3/c1-2-19-16-11-14(12-18)3-4-15(16)20-10-7-13-5-8-17-9-6-13/h3-6,8-9,11-12H,2,7,10H2,1H3. The van der Waals surface area contributed by atoms with Crippen LogP contribution in [-0.2, 0) is 6.42 Å². The minimum absolute atomic E-state index is 0.531. The van der Waals surface area contributed by atoms with Crippen molar-refractivity contribution in [1.29, 1.82) is 0 Å². The maximum Gasteiger partial charge on any atom is 0.161 e. The maximum absolute atomic E-state index is 10.8. The summed E-state index contributed by atoms with van der Waals surface area (Å²) in [6.07, 6.45) is 5.12. The fourth-order valence-corrected chi connectivity index (χ4v) is 1.81. The van der Waals surface area contributed by atoms with Gasteiger partial charge < -0.3 is 9.47 Å². The van der Waals surface area contributed by atoms with E-state index in [1.54, 1.807) is 30.6 Å². The monoisotopic (exact) mass is 271 g/mol. The average Bonchev–Trinajstić information content (AvgIpc) is 2.50. The smallest absolute Gasteiger partial charge is 0.161 e. The third kappa shape index (κ3) is 3.82. The van der Waals surface area contributed by atoms with Crippen molar-refractivity contribution in [2.75, 3.05) is 13.2 Å². The number of rotatable bonds is 7. The summed E-state index contributed by atoms with van der Waals surface area (Å²) in [6, 6.07) is 9.10. The highest BCUT2D eigenvalue weighted by Crippen LogP contribution is 2.28. The molecule has 4 nitrogen and oxygen atoms in total. The summed E-state index contributed by atoms with van der Waals surface area (Å²) in [5.74, 6) is 1.26. The molecule has 0 bridgehead atoms. The van der Waals surface area contributed by atoms with Crippen molar-refractivity contribution in [3.8, 4) is 11.5 Å². The molecule has 0 unspecified atom stereocenters. The Kier molecular flexibility index (Phi) is 5.12. The predicted octanol–water partition coefficient (Wildman–Crippen LogP) is 2.91. The Morgan fingerprint density at radius 3 is 2.60 bits per heavy atom. The molecule has 2 rings (SSSR count). The van der Waals surface area contributed by atoms with Crippen LogP contribution in [0.15, 0.2) is 42.7 Å². The molecule has 0 radical (unpaired) electrons. The van der Waals surface area contributed by atoms with Crippen molar-refractivity contribution in [3.63, 3.8) is 0 Å². The molecule has 0 atom stereocenters. The average molecular weight is 271 g/mol. The molecule has 0 aliphatic carbocycles. The van der Waals surface area contributed by atoms with Gasteiger partial charge in [-0.15, -0.1) is 0 Å². The van der Waals surface area contributed by atoms with E-state index >= 15 is 0 Å². The molecule has 0 amide bonds. The molecule has 2 aromatic rings. The van der Waals surface area contributed by atoms with Gasteiger partial charge in [-0.1, -0.05) is 0 Å². The first-order valence-electron chi connectivity index (χ1n) is 6.57. The second-order valence-corrected chi connectivity index (χ2v) is 4.21. The number of nitrogens with zero attached hydrogens (tertiary/aromatic N) is 1. The van der Waals surface area contributed by atoms with Crippen molar-refractivity contribution in [2.24, 2.45) is 0 Å². The third-order valence-electron chi connectivity index (χ3n) is 2.80. The third-order valence-corrected chi connectivity index (χ3v) is 2.80. The van der Waals surface area contributed by atoms with Crippen molar-refractivity contribution < 1.29 is 14.3 Å². The van der Waals surface area contributed by atoms with Gasteiger partial charge in [0.15, 0.2) is 11.5 Å². The second kappa shape index (κ2) is 7.28. The summed E-state index contributed by atoms with van der Waals surface area (Å²) >= 11 is 0. The highest BCUT2D eigenvalue weighted by Gasteiger charge is 2.06. The minimum atomic E-state index is 0.531. The number of hydrogen-bond acceptors (Lipinski definition) is 4. The van der Waals surface area contributed by atoms with Crippen LogP contribution >= 0.6 is 0 Å². The fourth-order valence-electron chi connectivity index (χ4n) is 1.81. The summed E-state index contributed by atoms with van der Waals surface area (Å²) in [4.78, 5) is 14.7. The molecular formula is C16H17NO3. The highest BCUT2D eigenvalue weighted by atomic mass is 16.5. The van der Waals surface area contributed by atoms with Crippen molar-refractivity contribution in [3.05, 3.63) is 53.9 Å². The molecule has 0 N–H and O–H groups in total. The summed E-state index contributed by atoms with van der Waals surface area (Å²) in [5, 5.41) is 0. The lowest BCUT2D eigenvalue weighted by molar-refractivity contribution is 0.112. The molecule has 0 saturated heterocycles. The van der Waals surface area contributed by atoms with Gasteiger partial charge in [0, 0.05) is 24.4 Å². The zero-order chi connectivity index (χ0) is 14.2. The van der Waals surface area contributed by atoms with E-state index in [4.69, 9.17) is 9.47 Å². The van der Waals surface area contributed by atoms with E-state index < -0.39 is 0 Å². The van der Waals surface area contributed by atoms with Crippen LogP contribution in [0.25, 0.3) is 0 Å². The molecule has 0 spiro atoms. The molecule has 1 heterocycles. The molecule has 1 aromatic heterocycles. The van der Waals surface area contributed by atoms with Crippen LogP contribution in [0.4, 0.5) is 0 Å². The van der Waals surface area contributed by atoms with E-state index in [1.807, 2.05) is 19.1 Å². The summed E-state index contributed by atoms with van der Waals surface area (Å²) in [6.45, 7) is 2.97. The first kappa shape index (κ1) is 14.1. The number of ether oxygens (including phenoxy) is 2. The zero-order valence-electron chi connectivity index (χ0n) is 11.4. The van der Waals surface area contributed by atoms with Gasteiger partial charge >= 0.3 is 0 Å². The van der Waals surface area contributed by atoms with Gasteiger partial charge in [-0.2, -0.15) is 0 Å². The summed E-state index contributed by atoms with van der Waals surface area (Å²) in [5.41, 5.74) is 1.75. The molecule has 20 heavy (non-hydrogen) atoms. The maximum atomic E-state index is 10.8. The Labute approximate surface area is 118 Å². The number of carbonyl (C=O) groups is 1. The Balaban J connectivity index is 1.99. The Bertz CT molecular complexity index is 555. The fraction of sp³-hybridized carbons (Fsp3) is 0.250. The predicted molar refractivity (Wildman–Crippen MR) is 76.4 cm³/mol. The number of aromatic nitrogens is 1. The molecule has 1 aromatic carbocycles. The Morgan fingerprint density at radius 2 is 1.90 bits per heavy atom. The summed E-state index contributed by atoms with van der Waals surface area (Å²) < 4.78 is 11.2. The first-order chi connectivity index (χ1) is 9.83. The molecule has 0 saturated carbocycles. The van der Waals surface area contributed by atoms with E-state index in [9.17, 15) is 4.79 Å². The van der Waals surface area contributed by atoms with Crippen molar-refractivity contribution >= 4 is 6.29 Å². The first-order valence-corrected chi connectivity index (χ1v) is 6.57. The number of hydrogen-bond donors (Lipinski definition) is 0. The van der Waals surface area contributed by atoms with Crippen LogP contribution in [0.5, 0.6) is 11.5 Å². The molecule has 0 aliphatic rings. The number of pyridine rings is 1. The molecular weight excluding hydrogens is 254 g/mol. The Hall–Kier alpha value is -2.36. The van der Waals surface area contributed by atoms with Crippen LogP contribution in [0.3, 0.4) is 0 Å². The molecule has 4 heteroatoms. The number of benzene rings is 1. The molecule has 0 fully saturated rings. The van der Waals surface area contributed by atoms with E-state index in [0.29, 0.717) is 30.3 Å². The molecule has 0 aliphatic heterocycles. The second-order valence-electron chi connectivity index (χ2n) is 4.21. The zero-order valence-corrected chi connectivity index (χ0v) is 11.4. The molecule has 104 valence electrons. The van der Waals surface area contributed by atoms with E-state index in [1.165, 1.54) is 5.56 Å². The summed E-state index contributed by atoms with van der Waals surface area (Å²) in [7, 11) is 0. The van der Waals surface area contributed by atoms with Crippen LogP contribution in [0, 0.1) is 0 Å². The lowest BCUT2D eigenvalue weighted by Gasteiger charge is -2.12. The van der Waals surface area contributed by atoms with Gasteiger partial charge in [0.1, 0.15) is 6.29 Å². The van der Waals surface area contributed by atoms with Gasteiger partial charge in [-0.25, -0.2) is 0 Å². The largest absolute Gasteiger partial charge is 0.490 e. The van der Waals surface area contributed by atoms with E-state index in [-0.39, 0.29) is 0 Å². The van der Waals surface area contributed by atoms with Gasteiger partial charge in [0.25, 0.3) is 0 Å². The highest BCUT2D eigenvalue weighted by molar-refractivity contribution is 5.76. The van der Waals surface area contributed by atoms with Crippen molar-refractivity contribution in [2.45, 2.75) is 13.3 Å². The van der Waals surface area contributed by atoms with Gasteiger partial charge in [-0.05, 0) is 42.8 Å². The Morgan fingerprint density at radius 1 is 1.10 bits per heavy atom. The van der Waals surface area contributed by atoms with Gasteiger partial charge in [-0.3, -0.25) is 9.78 Å². The van der Waals surface area contributed by atoms with Crippen LogP contribution in [-0.4, -0.2) is 24.5 Å². The van der Waals surface area contributed by atoms with Crippen LogP contribution in [0.2, 0.25) is 0 Å². The normalized spacial score (nSPS) is 10.1. The van der Waals surface area contributed by atoms with Crippen LogP contribution in [0.1, 0.15) is 22.8 Å². The quantitative estimate of drug-likeness (QED) is 0.726. The SMILES string of the molecule is CCOc1cc(C=O)ccc1OCCc1ccncc1. The van der Waals surface area contributed by atoms with Gasteiger partial charge in [0.2, 0.25) is 0 Å². The van der Waals surface area contributed by atoms with E-state index in [0.717, 1.165) is 12.7 Å². The minimum Gasteiger partial charge on any atom is -0.490 e. The van der Waals surface area contributed by atoms with Crippen LogP contribution < -0.4 is 9.47 Å². The topological polar surface area (TPSA) is 48.4 Å². The lowest BCUT2D eigenvalue weighted by atomic mass is 10.2. The van der Waals surface area contributed by atoms with Crippen molar-refractivity contribution in [1.82, 2.24) is 4.98 Å². The van der Waals surface area contributed by atoms with Gasteiger partial charge in [0.05, 0.1) is 13.2 Å². The van der Waals surface area contributed by atoms with E-state index in [2.05, 4.69) is 4.98 Å².